The van der Waals surface area contributed by atoms with Gasteiger partial charge in [-0.15, -0.1) is 0 Å². The Balaban J connectivity index is 1.45. The SMILES string of the molecule is CS(=O)(=O)N1CCC(Cc2ccc(C(=O)NCCc3cccnc3)cc2)CC1. The van der Waals surface area contributed by atoms with Crippen molar-refractivity contribution >= 4 is 15.9 Å². The minimum absolute atomic E-state index is 0.0723. The summed E-state index contributed by atoms with van der Waals surface area (Å²) in [5.41, 5.74) is 2.94. The van der Waals surface area contributed by atoms with Gasteiger partial charge in [0.15, 0.2) is 0 Å². The number of pyridine rings is 1. The molecule has 1 aliphatic heterocycles. The summed E-state index contributed by atoms with van der Waals surface area (Å²) < 4.78 is 24.7. The van der Waals surface area contributed by atoms with Gasteiger partial charge in [-0.05, 0) is 60.9 Å². The second-order valence-electron chi connectivity index (χ2n) is 7.37. The first-order chi connectivity index (χ1) is 13.4. The molecule has 0 radical (unpaired) electrons. The van der Waals surface area contributed by atoms with Gasteiger partial charge in [0, 0.05) is 37.6 Å². The molecule has 1 fully saturated rings. The first-order valence-corrected chi connectivity index (χ1v) is 11.5. The van der Waals surface area contributed by atoms with Crippen molar-refractivity contribution in [3.05, 3.63) is 65.5 Å². The molecule has 0 atom stereocenters. The van der Waals surface area contributed by atoms with E-state index in [1.807, 2.05) is 36.4 Å². The smallest absolute Gasteiger partial charge is 0.251 e. The molecule has 1 aromatic heterocycles. The average Bonchev–Trinajstić information content (AvgIpc) is 2.69. The summed E-state index contributed by atoms with van der Waals surface area (Å²) in [6, 6.07) is 11.6. The number of amides is 1. The van der Waals surface area contributed by atoms with Gasteiger partial charge in [-0.3, -0.25) is 9.78 Å². The standard InChI is InChI=1S/C21H27N3O3S/c1-28(26,27)24-13-9-18(10-14-24)15-17-4-6-20(7-5-17)21(25)23-12-8-19-3-2-11-22-16-19/h2-7,11,16,18H,8-10,12-15H2,1H3,(H,23,25). The summed E-state index contributed by atoms with van der Waals surface area (Å²) in [5, 5.41) is 2.94. The van der Waals surface area contributed by atoms with Gasteiger partial charge < -0.3 is 5.32 Å². The van der Waals surface area contributed by atoms with Crippen molar-refractivity contribution in [2.75, 3.05) is 25.9 Å². The highest BCUT2D eigenvalue weighted by atomic mass is 32.2. The average molecular weight is 402 g/mol. The Labute approximate surface area is 167 Å². The number of benzene rings is 1. The molecule has 0 saturated carbocycles. The number of carbonyl (C=O) groups is 1. The quantitative estimate of drug-likeness (QED) is 0.772. The molecule has 1 aromatic carbocycles. The number of nitrogens with one attached hydrogen (secondary N) is 1. The van der Waals surface area contributed by atoms with E-state index in [0.717, 1.165) is 31.2 Å². The van der Waals surface area contributed by atoms with Gasteiger partial charge in [-0.25, -0.2) is 12.7 Å². The molecule has 1 amide bonds. The van der Waals surface area contributed by atoms with Gasteiger partial charge in [0.05, 0.1) is 6.26 Å². The molecule has 2 aromatic rings. The number of carbonyl (C=O) groups excluding carboxylic acids is 1. The van der Waals surface area contributed by atoms with Crippen molar-refractivity contribution in [1.82, 2.24) is 14.6 Å². The van der Waals surface area contributed by atoms with E-state index in [-0.39, 0.29) is 5.91 Å². The van der Waals surface area contributed by atoms with Crippen LogP contribution in [0.5, 0.6) is 0 Å². The Bertz CT molecular complexity index is 875. The van der Waals surface area contributed by atoms with Gasteiger partial charge in [0.1, 0.15) is 0 Å². The Kier molecular flexibility index (Phi) is 6.80. The van der Waals surface area contributed by atoms with E-state index in [0.29, 0.717) is 31.1 Å². The fourth-order valence-electron chi connectivity index (χ4n) is 3.54. The first-order valence-electron chi connectivity index (χ1n) is 9.63. The van der Waals surface area contributed by atoms with Crippen LogP contribution in [0.3, 0.4) is 0 Å². The van der Waals surface area contributed by atoms with Gasteiger partial charge >= 0.3 is 0 Å². The lowest BCUT2D eigenvalue weighted by molar-refractivity contribution is 0.0954. The van der Waals surface area contributed by atoms with Crippen molar-refractivity contribution in [3.8, 4) is 0 Å². The van der Waals surface area contributed by atoms with Crippen molar-refractivity contribution in [1.29, 1.82) is 0 Å². The zero-order valence-electron chi connectivity index (χ0n) is 16.2. The van der Waals surface area contributed by atoms with Crippen LogP contribution in [-0.2, 0) is 22.9 Å². The molecule has 7 heteroatoms. The maximum Gasteiger partial charge on any atom is 0.251 e. The van der Waals surface area contributed by atoms with Crippen LogP contribution in [0.1, 0.15) is 34.3 Å². The summed E-state index contributed by atoms with van der Waals surface area (Å²) in [5.74, 6) is 0.411. The van der Waals surface area contributed by atoms with E-state index in [2.05, 4.69) is 10.3 Å². The van der Waals surface area contributed by atoms with Crippen LogP contribution in [0.4, 0.5) is 0 Å². The summed E-state index contributed by atoms with van der Waals surface area (Å²) in [6.45, 7) is 1.77. The van der Waals surface area contributed by atoms with Crippen LogP contribution >= 0.6 is 0 Å². The maximum atomic E-state index is 12.3. The molecule has 6 nitrogen and oxygen atoms in total. The van der Waals surface area contributed by atoms with E-state index < -0.39 is 10.0 Å². The third-order valence-corrected chi connectivity index (χ3v) is 6.51. The molecule has 0 unspecified atom stereocenters. The molecule has 1 saturated heterocycles. The number of aromatic nitrogens is 1. The lowest BCUT2D eigenvalue weighted by Crippen LogP contribution is -2.38. The van der Waals surface area contributed by atoms with E-state index in [1.54, 1.807) is 16.7 Å². The number of piperidine rings is 1. The van der Waals surface area contributed by atoms with Gasteiger partial charge in [-0.1, -0.05) is 18.2 Å². The summed E-state index contributed by atoms with van der Waals surface area (Å²) >= 11 is 0. The fraction of sp³-hybridized carbons (Fsp3) is 0.429. The molecule has 0 spiro atoms. The molecule has 0 bridgehead atoms. The second-order valence-corrected chi connectivity index (χ2v) is 9.36. The van der Waals surface area contributed by atoms with E-state index in [4.69, 9.17) is 0 Å². The van der Waals surface area contributed by atoms with Crippen molar-refractivity contribution in [2.24, 2.45) is 5.92 Å². The second kappa shape index (κ2) is 9.30. The molecule has 0 aliphatic carbocycles. The minimum Gasteiger partial charge on any atom is -0.352 e. The van der Waals surface area contributed by atoms with E-state index in [1.165, 1.54) is 11.8 Å². The highest BCUT2D eigenvalue weighted by Crippen LogP contribution is 2.23. The molecule has 150 valence electrons. The van der Waals surface area contributed by atoms with Crippen molar-refractivity contribution < 1.29 is 13.2 Å². The molecule has 1 N–H and O–H groups in total. The molecule has 3 rings (SSSR count). The van der Waals surface area contributed by atoms with E-state index in [9.17, 15) is 13.2 Å². The van der Waals surface area contributed by atoms with Crippen molar-refractivity contribution in [2.45, 2.75) is 25.7 Å². The van der Waals surface area contributed by atoms with Gasteiger partial charge in [0.25, 0.3) is 5.91 Å². The zero-order valence-corrected chi connectivity index (χ0v) is 17.0. The minimum atomic E-state index is -3.08. The predicted octanol–water partition coefficient (Wildman–Crippen LogP) is 2.27. The number of hydrogen-bond acceptors (Lipinski definition) is 4. The molecular weight excluding hydrogens is 374 g/mol. The lowest BCUT2D eigenvalue weighted by atomic mass is 9.91. The van der Waals surface area contributed by atoms with Crippen molar-refractivity contribution in [3.63, 3.8) is 0 Å². The molecular formula is C21H27N3O3S. The Hall–Kier alpha value is -2.25. The van der Waals surface area contributed by atoms with Crippen LogP contribution in [0, 0.1) is 5.92 Å². The molecule has 2 heterocycles. The first kappa shape index (κ1) is 20.5. The lowest BCUT2D eigenvalue weighted by Gasteiger charge is -2.30. The maximum absolute atomic E-state index is 12.3. The molecule has 28 heavy (non-hydrogen) atoms. The summed E-state index contributed by atoms with van der Waals surface area (Å²) in [4.78, 5) is 16.3. The Morgan fingerprint density at radius 1 is 1.14 bits per heavy atom. The largest absolute Gasteiger partial charge is 0.352 e. The summed E-state index contributed by atoms with van der Waals surface area (Å²) in [6.07, 6.45) is 8.24. The Morgan fingerprint density at radius 2 is 1.86 bits per heavy atom. The monoisotopic (exact) mass is 401 g/mol. The predicted molar refractivity (Wildman–Crippen MR) is 110 cm³/mol. The van der Waals surface area contributed by atoms with Crippen LogP contribution in [-0.4, -0.2) is 49.5 Å². The topological polar surface area (TPSA) is 79.4 Å². The number of nitrogens with zero attached hydrogens (tertiary/aromatic N) is 2. The number of sulfonamides is 1. The zero-order chi connectivity index (χ0) is 20.0. The number of hydrogen-bond donors (Lipinski definition) is 1. The highest BCUT2D eigenvalue weighted by molar-refractivity contribution is 7.88. The third kappa shape index (κ3) is 5.87. The van der Waals surface area contributed by atoms with Crippen LogP contribution < -0.4 is 5.32 Å². The van der Waals surface area contributed by atoms with Gasteiger partial charge in [-0.2, -0.15) is 0 Å². The fourth-order valence-corrected chi connectivity index (χ4v) is 4.41. The van der Waals surface area contributed by atoms with Crippen LogP contribution in [0.15, 0.2) is 48.8 Å². The normalized spacial score (nSPS) is 16.0. The third-order valence-electron chi connectivity index (χ3n) is 5.21. The van der Waals surface area contributed by atoms with E-state index >= 15 is 0 Å². The van der Waals surface area contributed by atoms with Gasteiger partial charge in [0.2, 0.25) is 10.0 Å². The van der Waals surface area contributed by atoms with Crippen LogP contribution in [0.2, 0.25) is 0 Å². The van der Waals surface area contributed by atoms with Crippen LogP contribution in [0.25, 0.3) is 0 Å². The highest BCUT2D eigenvalue weighted by Gasteiger charge is 2.24. The number of rotatable bonds is 7. The Morgan fingerprint density at radius 3 is 2.46 bits per heavy atom. The molecule has 1 aliphatic rings. The summed E-state index contributed by atoms with van der Waals surface area (Å²) in [7, 11) is -3.08.